The summed E-state index contributed by atoms with van der Waals surface area (Å²) in [5.74, 6) is -1.37. The molecule has 0 aliphatic carbocycles. The van der Waals surface area contributed by atoms with Gasteiger partial charge in [-0.1, -0.05) is 12.1 Å². The highest BCUT2D eigenvalue weighted by molar-refractivity contribution is 7.89. The average Bonchev–Trinajstić information content (AvgIpc) is 2.70. The second kappa shape index (κ2) is 9.09. The maximum atomic E-state index is 13.9. The van der Waals surface area contributed by atoms with E-state index in [0.29, 0.717) is 6.07 Å². The number of nitrogens with zero attached hydrogens (tertiary/aromatic N) is 2. The SMILES string of the molecule is Cc1ccc(C)c(OCCC(=O)N2CCN(S(=O)(=O)c3ccc(F)cc3F)CC2)c1. The second-order valence-electron chi connectivity index (χ2n) is 7.23. The Bertz CT molecular complexity index is 1040. The molecule has 1 saturated heterocycles. The van der Waals surface area contributed by atoms with Gasteiger partial charge in [0.2, 0.25) is 15.9 Å². The van der Waals surface area contributed by atoms with E-state index in [2.05, 4.69) is 0 Å². The Balaban J connectivity index is 1.53. The molecule has 30 heavy (non-hydrogen) atoms. The van der Waals surface area contributed by atoms with Crippen LogP contribution in [0.15, 0.2) is 41.3 Å². The van der Waals surface area contributed by atoms with Crippen LogP contribution in [-0.2, 0) is 14.8 Å². The van der Waals surface area contributed by atoms with Gasteiger partial charge in [0.15, 0.2) is 0 Å². The zero-order valence-corrected chi connectivity index (χ0v) is 17.7. The number of sulfonamides is 1. The van der Waals surface area contributed by atoms with Gasteiger partial charge < -0.3 is 9.64 Å². The van der Waals surface area contributed by atoms with Crippen molar-refractivity contribution in [1.82, 2.24) is 9.21 Å². The van der Waals surface area contributed by atoms with Crippen molar-refractivity contribution >= 4 is 15.9 Å². The van der Waals surface area contributed by atoms with Gasteiger partial charge in [0.25, 0.3) is 0 Å². The Hall–Kier alpha value is -2.52. The van der Waals surface area contributed by atoms with Crippen molar-refractivity contribution in [3.05, 3.63) is 59.2 Å². The number of piperazine rings is 1. The lowest BCUT2D eigenvalue weighted by molar-refractivity contribution is -0.132. The number of carbonyl (C=O) groups excluding carboxylic acids is 1. The number of ether oxygens (including phenoxy) is 1. The van der Waals surface area contributed by atoms with Gasteiger partial charge in [0.05, 0.1) is 13.0 Å². The third-order valence-corrected chi connectivity index (χ3v) is 6.95. The molecule has 2 aromatic rings. The molecule has 0 atom stereocenters. The molecular formula is C21H24F2N2O4S. The predicted molar refractivity (Wildman–Crippen MR) is 108 cm³/mol. The molecule has 0 N–H and O–H groups in total. The molecule has 3 rings (SSSR count). The van der Waals surface area contributed by atoms with E-state index >= 15 is 0 Å². The van der Waals surface area contributed by atoms with Crippen LogP contribution in [0.2, 0.25) is 0 Å². The molecule has 6 nitrogen and oxygen atoms in total. The van der Waals surface area contributed by atoms with E-state index in [1.165, 1.54) is 0 Å². The van der Waals surface area contributed by atoms with Gasteiger partial charge in [0.1, 0.15) is 22.3 Å². The van der Waals surface area contributed by atoms with Crippen molar-refractivity contribution in [3.8, 4) is 5.75 Å². The molecule has 9 heteroatoms. The Kier molecular flexibility index (Phi) is 6.72. The first-order valence-corrected chi connectivity index (χ1v) is 11.1. The maximum Gasteiger partial charge on any atom is 0.246 e. The fraction of sp³-hybridized carbons (Fsp3) is 0.381. The molecule has 1 aliphatic rings. The highest BCUT2D eigenvalue weighted by Crippen LogP contribution is 2.22. The summed E-state index contributed by atoms with van der Waals surface area (Å²) in [6.07, 6.45) is 0.173. The van der Waals surface area contributed by atoms with Crippen LogP contribution < -0.4 is 4.74 Å². The summed E-state index contributed by atoms with van der Waals surface area (Å²) >= 11 is 0. The summed E-state index contributed by atoms with van der Waals surface area (Å²) in [5, 5.41) is 0. The fourth-order valence-corrected chi connectivity index (χ4v) is 4.74. The van der Waals surface area contributed by atoms with E-state index in [4.69, 9.17) is 4.74 Å². The summed E-state index contributed by atoms with van der Waals surface area (Å²) in [6.45, 7) is 4.60. The predicted octanol–water partition coefficient (Wildman–Crippen LogP) is 2.88. The van der Waals surface area contributed by atoms with Gasteiger partial charge in [-0.3, -0.25) is 4.79 Å². The van der Waals surface area contributed by atoms with Crippen LogP contribution in [0, 0.1) is 25.5 Å². The van der Waals surface area contributed by atoms with Crippen LogP contribution in [0.3, 0.4) is 0 Å². The highest BCUT2D eigenvalue weighted by Gasteiger charge is 2.32. The Morgan fingerprint density at radius 1 is 1.03 bits per heavy atom. The average molecular weight is 438 g/mol. The normalized spacial score (nSPS) is 15.3. The zero-order chi connectivity index (χ0) is 21.9. The molecule has 1 fully saturated rings. The van der Waals surface area contributed by atoms with Crippen LogP contribution in [-0.4, -0.2) is 56.3 Å². The molecule has 0 aromatic heterocycles. The number of aryl methyl sites for hydroxylation is 2. The first-order valence-electron chi connectivity index (χ1n) is 9.61. The van der Waals surface area contributed by atoms with Gasteiger partial charge in [-0.2, -0.15) is 4.31 Å². The number of rotatable bonds is 6. The molecule has 2 aromatic carbocycles. The molecular weight excluding hydrogens is 414 g/mol. The van der Waals surface area contributed by atoms with E-state index in [1.54, 1.807) is 4.90 Å². The quantitative estimate of drug-likeness (QED) is 0.696. The molecule has 1 heterocycles. The van der Waals surface area contributed by atoms with Gasteiger partial charge in [0, 0.05) is 32.2 Å². The Morgan fingerprint density at radius 2 is 1.73 bits per heavy atom. The zero-order valence-electron chi connectivity index (χ0n) is 16.9. The largest absolute Gasteiger partial charge is 0.493 e. The van der Waals surface area contributed by atoms with Crippen LogP contribution >= 0.6 is 0 Å². The lowest BCUT2D eigenvalue weighted by Crippen LogP contribution is -2.50. The number of halogens is 2. The van der Waals surface area contributed by atoms with E-state index in [9.17, 15) is 22.0 Å². The standard InChI is InChI=1S/C21H24F2N2O4S/c1-15-3-4-16(2)19(13-15)29-12-7-21(26)24-8-10-25(11-9-24)30(27,28)20-6-5-17(22)14-18(20)23/h3-6,13-14H,7-12H2,1-2H3. The van der Waals surface area contributed by atoms with Crippen molar-refractivity contribution in [2.75, 3.05) is 32.8 Å². The van der Waals surface area contributed by atoms with Gasteiger partial charge in [-0.15, -0.1) is 0 Å². The van der Waals surface area contributed by atoms with Gasteiger partial charge in [-0.25, -0.2) is 17.2 Å². The number of hydrogen-bond donors (Lipinski definition) is 0. The Labute approximate surface area is 175 Å². The summed E-state index contributed by atoms with van der Waals surface area (Å²) in [7, 11) is -4.09. The number of carbonyl (C=O) groups is 1. The molecule has 1 aliphatic heterocycles. The maximum absolute atomic E-state index is 13.9. The summed E-state index contributed by atoms with van der Waals surface area (Å²) in [6, 6.07) is 8.23. The minimum Gasteiger partial charge on any atom is -0.493 e. The van der Waals surface area contributed by atoms with Crippen LogP contribution in [0.25, 0.3) is 0 Å². The van der Waals surface area contributed by atoms with Crippen molar-refractivity contribution in [2.45, 2.75) is 25.2 Å². The van der Waals surface area contributed by atoms with Crippen molar-refractivity contribution in [3.63, 3.8) is 0 Å². The smallest absolute Gasteiger partial charge is 0.246 e. The van der Waals surface area contributed by atoms with Crippen LogP contribution in [0.4, 0.5) is 8.78 Å². The lowest BCUT2D eigenvalue weighted by Gasteiger charge is -2.34. The molecule has 0 spiro atoms. The topological polar surface area (TPSA) is 66.9 Å². The summed E-state index contributed by atoms with van der Waals surface area (Å²) in [4.78, 5) is 13.4. The first-order chi connectivity index (χ1) is 14.2. The second-order valence-corrected chi connectivity index (χ2v) is 9.13. The summed E-state index contributed by atoms with van der Waals surface area (Å²) in [5.41, 5.74) is 2.05. The van der Waals surface area contributed by atoms with E-state index in [-0.39, 0.29) is 45.1 Å². The van der Waals surface area contributed by atoms with E-state index in [1.807, 2.05) is 32.0 Å². The summed E-state index contributed by atoms with van der Waals surface area (Å²) < 4.78 is 59.0. The van der Waals surface area contributed by atoms with Crippen molar-refractivity contribution < 1.29 is 26.7 Å². The van der Waals surface area contributed by atoms with Gasteiger partial charge in [-0.05, 0) is 43.2 Å². The third kappa shape index (κ3) is 4.96. The molecule has 162 valence electrons. The van der Waals surface area contributed by atoms with E-state index in [0.717, 1.165) is 33.3 Å². The molecule has 0 unspecified atom stereocenters. The first kappa shape index (κ1) is 22.2. The minimum atomic E-state index is -4.09. The van der Waals surface area contributed by atoms with E-state index < -0.39 is 26.6 Å². The molecule has 1 amide bonds. The fourth-order valence-electron chi connectivity index (χ4n) is 3.27. The Morgan fingerprint density at radius 3 is 2.40 bits per heavy atom. The van der Waals surface area contributed by atoms with Gasteiger partial charge >= 0.3 is 0 Å². The third-order valence-electron chi connectivity index (χ3n) is 5.02. The molecule has 0 bridgehead atoms. The van der Waals surface area contributed by atoms with Crippen LogP contribution in [0.5, 0.6) is 5.75 Å². The number of amides is 1. The highest BCUT2D eigenvalue weighted by atomic mass is 32.2. The monoisotopic (exact) mass is 438 g/mol. The lowest BCUT2D eigenvalue weighted by atomic mass is 10.1. The number of hydrogen-bond acceptors (Lipinski definition) is 4. The van der Waals surface area contributed by atoms with Crippen LogP contribution in [0.1, 0.15) is 17.5 Å². The number of benzene rings is 2. The molecule has 0 radical (unpaired) electrons. The van der Waals surface area contributed by atoms with Crippen molar-refractivity contribution in [2.24, 2.45) is 0 Å². The van der Waals surface area contributed by atoms with Crippen molar-refractivity contribution in [1.29, 1.82) is 0 Å². The minimum absolute atomic E-state index is 0.0444. The molecule has 0 saturated carbocycles.